The van der Waals surface area contributed by atoms with Gasteiger partial charge in [-0.05, 0) is 19.1 Å². The number of rotatable bonds is 5. The second kappa shape index (κ2) is 8.99. The maximum Gasteiger partial charge on any atom is 0.290 e. The lowest BCUT2D eigenvalue weighted by Crippen LogP contribution is -2.54. The van der Waals surface area contributed by atoms with E-state index in [2.05, 4.69) is 10.00 Å². The standard InChI is InChI=1S/C25H28N8O3/c1-3-33-23-20(26-24(33)25(35)32-14-18(34)15-32)22(31-9-11-36-12-10-31)27-21(28-23)17-6-4-5-16(13-17)19-7-8-30(2)29-19/h4-8,13,18,34H,3,9-12,14-15H2,1-2H3. The van der Waals surface area contributed by atoms with Crippen LogP contribution < -0.4 is 4.90 Å². The fraction of sp³-hybridized carbons (Fsp3) is 0.400. The van der Waals surface area contributed by atoms with E-state index in [0.717, 1.165) is 16.8 Å². The molecule has 0 bridgehead atoms. The van der Waals surface area contributed by atoms with Crippen LogP contribution in [0.2, 0.25) is 0 Å². The molecule has 11 nitrogen and oxygen atoms in total. The average molecular weight is 489 g/mol. The van der Waals surface area contributed by atoms with Crippen molar-refractivity contribution in [2.75, 3.05) is 44.3 Å². The van der Waals surface area contributed by atoms with Crippen LogP contribution in [0.5, 0.6) is 0 Å². The summed E-state index contributed by atoms with van der Waals surface area (Å²) in [5, 5.41) is 14.2. The zero-order chi connectivity index (χ0) is 24.8. The van der Waals surface area contributed by atoms with E-state index in [-0.39, 0.29) is 5.91 Å². The second-order valence-corrected chi connectivity index (χ2v) is 9.14. The maximum absolute atomic E-state index is 13.2. The van der Waals surface area contributed by atoms with Crippen LogP contribution in [0.4, 0.5) is 5.82 Å². The van der Waals surface area contributed by atoms with Crippen LogP contribution in [0, 0.1) is 0 Å². The van der Waals surface area contributed by atoms with E-state index >= 15 is 0 Å². The Balaban J connectivity index is 1.50. The van der Waals surface area contributed by atoms with Gasteiger partial charge in [0.1, 0.15) is 0 Å². The summed E-state index contributed by atoms with van der Waals surface area (Å²) in [5.41, 5.74) is 3.93. The van der Waals surface area contributed by atoms with E-state index in [1.54, 1.807) is 9.58 Å². The number of nitrogens with zero attached hydrogens (tertiary/aromatic N) is 8. The van der Waals surface area contributed by atoms with Crippen LogP contribution >= 0.6 is 0 Å². The number of carbonyl (C=O) groups excluding carboxylic acids is 1. The minimum absolute atomic E-state index is 0.202. The first-order valence-corrected chi connectivity index (χ1v) is 12.2. The molecule has 0 radical (unpaired) electrons. The first-order chi connectivity index (χ1) is 17.5. The van der Waals surface area contributed by atoms with E-state index in [4.69, 9.17) is 19.7 Å². The zero-order valence-electron chi connectivity index (χ0n) is 20.3. The van der Waals surface area contributed by atoms with Gasteiger partial charge in [0.2, 0.25) is 5.82 Å². The van der Waals surface area contributed by atoms with Crippen LogP contribution in [0.3, 0.4) is 0 Å². The third-order valence-corrected chi connectivity index (χ3v) is 6.67. The minimum atomic E-state index is -0.477. The number of amides is 1. The Morgan fingerprint density at radius 2 is 1.89 bits per heavy atom. The minimum Gasteiger partial charge on any atom is -0.389 e. The van der Waals surface area contributed by atoms with Crippen molar-refractivity contribution in [2.24, 2.45) is 7.05 Å². The van der Waals surface area contributed by atoms with Crippen molar-refractivity contribution >= 4 is 22.9 Å². The fourth-order valence-corrected chi connectivity index (χ4v) is 4.72. The Labute approximate surface area is 208 Å². The molecule has 186 valence electrons. The summed E-state index contributed by atoms with van der Waals surface area (Å²) in [6.45, 7) is 5.70. The molecule has 4 aromatic rings. The van der Waals surface area contributed by atoms with E-state index in [1.807, 2.05) is 55.1 Å². The van der Waals surface area contributed by atoms with Crippen molar-refractivity contribution in [1.82, 2.24) is 34.2 Å². The average Bonchev–Trinajstić information content (AvgIpc) is 3.50. The number of hydrogen-bond acceptors (Lipinski definition) is 8. The van der Waals surface area contributed by atoms with Crippen LogP contribution in [-0.4, -0.2) is 90.7 Å². The van der Waals surface area contributed by atoms with Crippen LogP contribution in [0.1, 0.15) is 17.5 Å². The molecule has 2 aliphatic heterocycles. The number of benzene rings is 1. The van der Waals surface area contributed by atoms with Gasteiger partial charge in [-0.2, -0.15) is 5.10 Å². The highest BCUT2D eigenvalue weighted by Crippen LogP contribution is 2.31. The molecule has 1 aromatic carbocycles. The summed E-state index contributed by atoms with van der Waals surface area (Å²) in [7, 11) is 1.89. The first-order valence-electron chi connectivity index (χ1n) is 12.2. The lowest BCUT2D eigenvalue weighted by atomic mass is 10.1. The number of morpholine rings is 1. The Morgan fingerprint density at radius 1 is 1.11 bits per heavy atom. The monoisotopic (exact) mass is 488 g/mol. The SMILES string of the molecule is CCn1c(C(=O)N2CC(O)C2)nc2c(N3CCOCC3)nc(-c3cccc(-c4ccn(C)n4)c3)nc21. The third-order valence-electron chi connectivity index (χ3n) is 6.67. The molecule has 5 heterocycles. The number of carbonyl (C=O) groups is 1. The molecule has 3 aromatic heterocycles. The summed E-state index contributed by atoms with van der Waals surface area (Å²) in [5.74, 6) is 1.38. The smallest absolute Gasteiger partial charge is 0.290 e. The van der Waals surface area contributed by atoms with Gasteiger partial charge in [0.15, 0.2) is 22.8 Å². The number of imidazole rings is 1. The molecule has 11 heteroatoms. The summed E-state index contributed by atoms with van der Waals surface area (Å²) in [6.07, 6.45) is 1.44. The van der Waals surface area contributed by atoms with Gasteiger partial charge in [0.25, 0.3) is 5.91 Å². The lowest BCUT2D eigenvalue weighted by molar-refractivity contribution is 0.00482. The van der Waals surface area contributed by atoms with Gasteiger partial charge < -0.3 is 24.2 Å². The lowest BCUT2D eigenvalue weighted by Gasteiger charge is -2.35. The second-order valence-electron chi connectivity index (χ2n) is 9.14. The van der Waals surface area contributed by atoms with Crippen molar-refractivity contribution in [3.05, 3.63) is 42.4 Å². The van der Waals surface area contributed by atoms with Crippen molar-refractivity contribution in [2.45, 2.75) is 19.6 Å². The zero-order valence-corrected chi connectivity index (χ0v) is 20.3. The Bertz CT molecular complexity index is 1430. The highest BCUT2D eigenvalue weighted by atomic mass is 16.5. The summed E-state index contributed by atoms with van der Waals surface area (Å²) in [6, 6.07) is 9.98. The molecule has 1 N–H and O–H groups in total. The van der Waals surface area contributed by atoms with Crippen molar-refractivity contribution < 1.29 is 14.6 Å². The molecular formula is C25H28N8O3. The molecule has 0 spiro atoms. The molecule has 2 aliphatic rings. The van der Waals surface area contributed by atoms with E-state index in [0.29, 0.717) is 74.6 Å². The van der Waals surface area contributed by atoms with E-state index < -0.39 is 6.10 Å². The summed E-state index contributed by atoms with van der Waals surface area (Å²) in [4.78, 5) is 31.6. The number of ether oxygens (including phenoxy) is 1. The molecular weight excluding hydrogens is 460 g/mol. The van der Waals surface area contributed by atoms with Crippen molar-refractivity contribution in [3.63, 3.8) is 0 Å². The molecule has 0 aliphatic carbocycles. The number of aliphatic hydroxyl groups is 1. The molecule has 0 unspecified atom stereocenters. The van der Waals surface area contributed by atoms with Gasteiger partial charge >= 0.3 is 0 Å². The van der Waals surface area contributed by atoms with Crippen LogP contribution in [0.15, 0.2) is 36.5 Å². The molecule has 6 rings (SSSR count). The van der Waals surface area contributed by atoms with Crippen LogP contribution in [-0.2, 0) is 18.3 Å². The highest BCUT2D eigenvalue weighted by Gasteiger charge is 2.33. The number of fused-ring (bicyclic) bond motifs is 1. The number of anilines is 1. The number of β-amino-alcohol motifs (C(OH)–C–C–N with tert-alkyl or cyclic N) is 1. The molecule has 2 fully saturated rings. The maximum atomic E-state index is 13.2. The van der Waals surface area contributed by atoms with Gasteiger partial charge in [-0.25, -0.2) is 15.0 Å². The highest BCUT2D eigenvalue weighted by molar-refractivity contribution is 5.97. The molecule has 0 saturated carbocycles. The third kappa shape index (κ3) is 3.90. The number of hydrogen-bond donors (Lipinski definition) is 1. The fourth-order valence-electron chi connectivity index (χ4n) is 4.72. The molecule has 36 heavy (non-hydrogen) atoms. The Morgan fingerprint density at radius 3 is 2.58 bits per heavy atom. The van der Waals surface area contributed by atoms with E-state index in [9.17, 15) is 9.90 Å². The van der Waals surface area contributed by atoms with Crippen LogP contribution in [0.25, 0.3) is 33.8 Å². The van der Waals surface area contributed by atoms with Crippen molar-refractivity contribution in [1.29, 1.82) is 0 Å². The number of aromatic nitrogens is 6. The number of aliphatic hydroxyl groups excluding tert-OH is 1. The Hall–Kier alpha value is -3.83. The summed E-state index contributed by atoms with van der Waals surface area (Å²) >= 11 is 0. The summed E-state index contributed by atoms with van der Waals surface area (Å²) < 4.78 is 9.18. The van der Waals surface area contributed by atoms with Gasteiger partial charge in [-0.1, -0.05) is 18.2 Å². The molecule has 2 saturated heterocycles. The van der Waals surface area contributed by atoms with Gasteiger partial charge in [-0.15, -0.1) is 0 Å². The Kier molecular flexibility index (Phi) is 5.65. The van der Waals surface area contributed by atoms with Gasteiger partial charge in [0, 0.05) is 57.1 Å². The first kappa shape index (κ1) is 22.6. The van der Waals surface area contributed by atoms with E-state index in [1.165, 1.54) is 0 Å². The topological polar surface area (TPSA) is 114 Å². The molecule has 0 atom stereocenters. The predicted octanol–water partition coefficient (Wildman–Crippen LogP) is 1.57. The van der Waals surface area contributed by atoms with Gasteiger partial charge in [-0.3, -0.25) is 9.48 Å². The van der Waals surface area contributed by atoms with Gasteiger partial charge in [0.05, 0.1) is 25.0 Å². The predicted molar refractivity (Wildman–Crippen MR) is 134 cm³/mol. The normalized spacial score (nSPS) is 16.5. The number of aryl methyl sites for hydroxylation is 2. The number of likely N-dealkylation sites (tertiary alicyclic amines) is 1. The van der Waals surface area contributed by atoms with Crippen molar-refractivity contribution in [3.8, 4) is 22.6 Å². The quantitative estimate of drug-likeness (QED) is 0.450. The molecule has 1 amide bonds. The largest absolute Gasteiger partial charge is 0.389 e.